The molecule has 5 nitrogen and oxygen atoms in total. The molecular weight excluding hydrogens is 298 g/mol. The normalized spacial score (nSPS) is 25.7. The molecule has 0 N–H and O–H groups in total. The molecule has 0 amide bonds. The molecule has 0 bridgehead atoms. The fourth-order valence-corrected chi connectivity index (χ4v) is 5.73. The van der Waals surface area contributed by atoms with E-state index in [-0.39, 0.29) is 16.6 Å². The van der Waals surface area contributed by atoms with E-state index in [9.17, 15) is 4.79 Å². The van der Waals surface area contributed by atoms with Crippen LogP contribution >= 0.6 is 11.8 Å². The molecule has 4 rings (SSSR count). The van der Waals surface area contributed by atoms with Gasteiger partial charge >= 0.3 is 5.97 Å². The summed E-state index contributed by atoms with van der Waals surface area (Å²) in [7, 11) is 1.50. The highest BCUT2D eigenvalue weighted by Gasteiger charge is 2.56. The van der Waals surface area contributed by atoms with Crippen molar-refractivity contribution in [2.75, 3.05) is 30.9 Å². The lowest BCUT2D eigenvalue weighted by Gasteiger charge is -2.51. The molecular formula is C16H21N3O2S. The van der Waals surface area contributed by atoms with Crippen LogP contribution in [-0.2, 0) is 22.4 Å². The minimum atomic E-state index is -0.0469. The molecule has 2 fully saturated rings. The molecule has 1 aliphatic carbocycles. The number of aromatic nitrogens is 2. The van der Waals surface area contributed by atoms with E-state index in [2.05, 4.69) is 14.9 Å². The number of ether oxygens (including phenoxy) is 1. The summed E-state index contributed by atoms with van der Waals surface area (Å²) in [5.41, 5.74) is 2.56. The number of nitrogens with zero attached hydrogens (tertiary/aromatic N) is 3. The minimum Gasteiger partial charge on any atom is -0.469 e. The van der Waals surface area contributed by atoms with Gasteiger partial charge in [-0.15, -0.1) is 0 Å². The number of carbonyl (C=O) groups excluding carboxylic acids is 1. The molecule has 0 saturated carbocycles. The molecule has 1 atom stereocenters. The molecule has 2 saturated heterocycles. The Morgan fingerprint density at radius 2 is 2.18 bits per heavy atom. The van der Waals surface area contributed by atoms with Gasteiger partial charge < -0.3 is 9.64 Å². The van der Waals surface area contributed by atoms with E-state index in [4.69, 9.17) is 4.74 Å². The second kappa shape index (κ2) is 5.41. The van der Waals surface area contributed by atoms with E-state index >= 15 is 0 Å². The molecule has 1 unspecified atom stereocenters. The summed E-state index contributed by atoms with van der Waals surface area (Å²) in [6, 6.07) is 0. The van der Waals surface area contributed by atoms with E-state index in [0.29, 0.717) is 0 Å². The van der Waals surface area contributed by atoms with Crippen LogP contribution in [0.3, 0.4) is 0 Å². The number of esters is 1. The fraction of sp³-hybridized carbons (Fsp3) is 0.688. The van der Waals surface area contributed by atoms with Crippen LogP contribution < -0.4 is 4.90 Å². The van der Waals surface area contributed by atoms with Crippen LogP contribution in [0.4, 0.5) is 5.82 Å². The van der Waals surface area contributed by atoms with Crippen molar-refractivity contribution < 1.29 is 9.53 Å². The van der Waals surface area contributed by atoms with E-state index < -0.39 is 0 Å². The van der Waals surface area contributed by atoms with Gasteiger partial charge in [-0.25, -0.2) is 9.97 Å². The standard InChI is InChI=1S/C16H21N3O2S/c1-21-15(20)12-6-7-22-16(12)8-19(9-16)14-11-4-2-3-5-13(11)17-10-18-14/h10,12H,2-9H2,1H3. The van der Waals surface area contributed by atoms with Crippen LogP contribution in [0.1, 0.15) is 30.5 Å². The number of fused-ring (bicyclic) bond motifs is 1. The average molecular weight is 319 g/mol. The van der Waals surface area contributed by atoms with Crippen molar-refractivity contribution in [2.45, 2.75) is 36.9 Å². The van der Waals surface area contributed by atoms with E-state index in [1.807, 2.05) is 11.8 Å². The molecule has 0 aromatic carbocycles. The quantitative estimate of drug-likeness (QED) is 0.775. The van der Waals surface area contributed by atoms with Gasteiger partial charge in [0, 0.05) is 24.3 Å². The lowest BCUT2D eigenvalue weighted by Crippen LogP contribution is -2.64. The Morgan fingerprint density at radius 3 is 3.00 bits per heavy atom. The number of hydrogen-bond acceptors (Lipinski definition) is 6. The first kappa shape index (κ1) is 14.3. The predicted molar refractivity (Wildman–Crippen MR) is 86.2 cm³/mol. The Balaban J connectivity index is 1.55. The Morgan fingerprint density at radius 1 is 1.36 bits per heavy atom. The lowest BCUT2D eigenvalue weighted by molar-refractivity contribution is -0.146. The SMILES string of the molecule is COC(=O)C1CCSC12CN(c1ncnc3c1CCCC3)C2. The zero-order valence-corrected chi connectivity index (χ0v) is 13.7. The molecule has 22 heavy (non-hydrogen) atoms. The van der Waals surface area contributed by atoms with Crippen molar-refractivity contribution >= 4 is 23.5 Å². The molecule has 3 heterocycles. The van der Waals surface area contributed by atoms with Gasteiger partial charge in [-0.1, -0.05) is 0 Å². The first-order valence-corrected chi connectivity index (χ1v) is 9.01. The van der Waals surface area contributed by atoms with Gasteiger partial charge in [-0.2, -0.15) is 11.8 Å². The van der Waals surface area contributed by atoms with Crippen LogP contribution in [-0.4, -0.2) is 46.6 Å². The summed E-state index contributed by atoms with van der Waals surface area (Å²) in [6.07, 6.45) is 7.25. The van der Waals surface area contributed by atoms with Gasteiger partial charge in [-0.05, 0) is 37.9 Å². The molecule has 1 spiro atoms. The van der Waals surface area contributed by atoms with E-state index in [1.165, 1.54) is 31.2 Å². The zero-order valence-electron chi connectivity index (χ0n) is 12.9. The van der Waals surface area contributed by atoms with Gasteiger partial charge in [0.1, 0.15) is 12.1 Å². The number of thioether (sulfide) groups is 1. The second-order valence-electron chi connectivity index (χ2n) is 6.46. The molecule has 2 aliphatic heterocycles. The maximum Gasteiger partial charge on any atom is 0.310 e. The van der Waals surface area contributed by atoms with Crippen molar-refractivity contribution in [2.24, 2.45) is 5.92 Å². The summed E-state index contributed by atoms with van der Waals surface area (Å²) in [4.78, 5) is 23.3. The second-order valence-corrected chi connectivity index (χ2v) is 7.97. The van der Waals surface area contributed by atoms with Gasteiger partial charge in [0.25, 0.3) is 0 Å². The number of anilines is 1. The fourth-order valence-electron chi connectivity index (χ4n) is 4.06. The topological polar surface area (TPSA) is 55.3 Å². The largest absolute Gasteiger partial charge is 0.469 e. The van der Waals surface area contributed by atoms with Crippen LogP contribution in [0.2, 0.25) is 0 Å². The highest BCUT2D eigenvalue weighted by atomic mass is 32.2. The zero-order chi connectivity index (χ0) is 15.2. The summed E-state index contributed by atoms with van der Waals surface area (Å²) >= 11 is 1.93. The molecule has 1 aromatic heterocycles. The van der Waals surface area contributed by atoms with E-state index in [1.54, 1.807) is 6.33 Å². The van der Waals surface area contributed by atoms with Crippen LogP contribution in [0, 0.1) is 5.92 Å². The van der Waals surface area contributed by atoms with Gasteiger partial charge in [0.2, 0.25) is 0 Å². The number of rotatable bonds is 2. The smallest absolute Gasteiger partial charge is 0.310 e. The Hall–Kier alpha value is -1.30. The highest BCUT2D eigenvalue weighted by Crippen LogP contribution is 2.50. The molecule has 1 aromatic rings. The summed E-state index contributed by atoms with van der Waals surface area (Å²) in [6.45, 7) is 1.81. The number of methoxy groups -OCH3 is 1. The number of hydrogen-bond donors (Lipinski definition) is 0. The summed E-state index contributed by atoms with van der Waals surface area (Å²) in [5.74, 6) is 2.15. The third-order valence-electron chi connectivity index (χ3n) is 5.24. The summed E-state index contributed by atoms with van der Waals surface area (Å²) < 4.78 is 5.04. The average Bonchev–Trinajstić information content (AvgIpc) is 2.97. The number of carbonyl (C=O) groups is 1. The van der Waals surface area contributed by atoms with Crippen molar-refractivity contribution in [1.82, 2.24) is 9.97 Å². The van der Waals surface area contributed by atoms with Crippen molar-refractivity contribution in [3.05, 3.63) is 17.6 Å². The minimum absolute atomic E-state index is 0.0383. The maximum absolute atomic E-state index is 12.0. The van der Waals surface area contributed by atoms with Gasteiger partial charge in [0.15, 0.2) is 0 Å². The van der Waals surface area contributed by atoms with Crippen LogP contribution in [0.15, 0.2) is 6.33 Å². The summed E-state index contributed by atoms with van der Waals surface area (Å²) in [5, 5.41) is 0. The number of aryl methyl sites for hydroxylation is 1. The Labute approximate surface area is 134 Å². The van der Waals surface area contributed by atoms with Crippen LogP contribution in [0.5, 0.6) is 0 Å². The monoisotopic (exact) mass is 319 g/mol. The van der Waals surface area contributed by atoms with Crippen molar-refractivity contribution in [1.29, 1.82) is 0 Å². The molecule has 0 radical (unpaired) electrons. The Bertz CT molecular complexity index is 601. The lowest BCUT2D eigenvalue weighted by atomic mass is 9.82. The third-order valence-corrected chi connectivity index (χ3v) is 6.79. The van der Waals surface area contributed by atoms with Crippen LogP contribution in [0.25, 0.3) is 0 Å². The first-order chi connectivity index (χ1) is 10.7. The first-order valence-electron chi connectivity index (χ1n) is 8.03. The maximum atomic E-state index is 12.0. The predicted octanol–water partition coefficient (Wildman–Crippen LogP) is 1.84. The van der Waals surface area contributed by atoms with Gasteiger partial charge in [0.05, 0.1) is 17.8 Å². The van der Waals surface area contributed by atoms with Gasteiger partial charge in [-0.3, -0.25) is 4.79 Å². The third kappa shape index (κ3) is 2.11. The van der Waals surface area contributed by atoms with Crippen molar-refractivity contribution in [3.8, 4) is 0 Å². The Kier molecular flexibility index (Phi) is 3.51. The molecule has 118 valence electrons. The highest BCUT2D eigenvalue weighted by molar-refractivity contribution is 8.01. The molecule has 3 aliphatic rings. The van der Waals surface area contributed by atoms with E-state index in [0.717, 1.165) is 43.9 Å². The van der Waals surface area contributed by atoms with Crippen molar-refractivity contribution in [3.63, 3.8) is 0 Å². The molecule has 6 heteroatoms.